The standard InChI is InChI=1S/C30H32ClN3O6S/c1-39-28(35)20-33-41(37,38)27-8-2-7-26-25(27)19-21(24-6-3-15-32-29(24)40-26)5-4-16-34-17-13-30(36,14-18-34)22-9-11-23(31)12-10-22/h2-3,5-12,15,33,36H,4,13-14,16-20H2,1H3/b21-5-. The second-order valence-corrected chi connectivity index (χ2v) is 12.3. The summed E-state index contributed by atoms with van der Waals surface area (Å²) < 4.78 is 39.3. The first-order valence-electron chi connectivity index (χ1n) is 13.4. The summed E-state index contributed by atoms with van der Waals surface area (Å²) in [5.41, 5.74) is 2.20. The van der Waals surface area contributed by atoms with Crippen LogP contribution in [0.4, 0.5) is 0 Å². The maximum atomic E-state index is 13.2. The number of halogens is 1. The van der Waals surface area contributed by atoms with E-state index in [2.05, 4.69) is 25.4 Å². The van der Waals surface area contributed by atoms with Crippen molar-refractivity contribution in [1.29, 1.82) is 0 Å². The van der Waals surface area contributed by atoms with Crippen LogP contribution in [0.1, 0.15) is 36.0 Å². The Bertz CT molecular complexity index is 1550. The SMILES string of the molecule is COC(=O)CNS(=O)(=O)c1cccc2c1C/C(=C/CCN1CCC(O)(c3ccc(Cl)cc3)CC1)c1cccnc1O2. The second-order valence-electron chi connectivity index (χ2n) is 10.2. The number of methoxy groups -OCH3 is 1. The zero-order chi connectivity index (χ0) is 29.0. The van der Waals surface area contributed by atoms with Crippen molar-refractivity contribution < 1.29 is 27.8 Å². The molecular formula is C30H32ClN3O6S. The lowest BCUT2D eigenvalue weighted by atomic mass is 9.84. The Kier molecular flexibility index (Phi) is 8.77. The monoisotopic (exact) mass is 597 g/mol. The smallest absolute Gasteiger partial charge is 0.320 e. The van der Waals surface area contributed by atoms with E-state index < -0.39 is 28.1 Å². The Balaban J connectivity index is 1.33. The first-order chi connectivity index (χ1) is 19.7. The van der Waals surface area contributed by atoms with Gasteiger partial charge in [0.05, 0.1) is 17.6 Å². The Labute approximate surface area is 244 Å². The summed E-state index contributed by atoms with van der Waals surface area (Å²) in [6.45, 7) is 1.81. The summed E-state index contributed by atoms with van der Waals surface area (Å²) in [4.78, 5) is 18.3. The number of carbonyl (C=O) groups excluding carboxylic acids is 1. The summed E-state index contributed by atoms with van der Waals surface area (Å²) in [5, 5.41) is 11.9. The van der Waals surface area contributed by atoms with Gasteiger partial charge in [-0.2, -0.15) is 4.72 Å². The van der Waals surface area contributed by atoms with Crippen molar-refractivity contribution in [3.05, 3.63) is 88.6 Å². The largest absolute Gasteiger partial charge is 0.468 e. The molecule has 0 spiro atoms. The quantitative estimate of drug-likeness (QED) is 0.369. The van der Waals surface area contributed by atoms with E-state index in [1.54, 1.807) is 30.5 Å². The van der Waals surface area contributed by atoms with Crippen LogP contribution in [-0.4, -0.2) is 62.7 Å². The number of ether oxygens (including phenoxy) is 2. The van der Waals surface area contributed by atoms with Gasteiger partial charge >= 0.3 is 5.97 Å². The number of likely N-dealkylation sites (tertiary alicyclic amines) is 1. The highest BCUT2D eigenvalue weighted by molar-refractivity contribution is 7.89. The Morgan fingerprint density at radius 1 is 1.17 bits per heavy atom. The van der Waals surface area contributed by atoms with Gasteiger partial charge in [-0.15, -0.1) is 0 Å². The number of hydrogen-bond acceptors (Lipinski definition) is 8. The molecule has 2 N–H and O–H groups in total. The van der Waals surface area contributed by atoms with Crippen molar-refractivity contribution in [3.8, 4) is 11.6 Å². The minimum absolute atomic E-state index is 0.0372. The van der Waals surface area contributed by atoms with Gasteiger partial charge in [-0.1, -0.05) is 35.9 Å². The molecule has 3 aromatic rings. The fourth-order valence-electron chi connectivity index (χ4n) is 5.28. The van der Waals surface area contributed by atoms with Crippen molar-refractivity contribution in [3.63, 3.8) is 0 Å². The maximum absolute atomic E-state index is 13.2. The highest BCUT2D eigenvalue weighted by atomic mass is 35.5. The van der Waals surface area contributed by atoms with Crippen LogP contribution in [0.25, 0.3) is 5.57 Å². The van der Waals surface area contributed by atoms with Crippen LogP contribution in [0.3, 0.4) is 0 Å². The van der Waals surface area contributed by atoms with E-state index in [-0.39, 0.29) is 4.90 Å². The van der Waals surface area contributed by atoms with E-state index in [9.17, 15) is 18.3 Å². The molecule has 0 amide bonds. The van der Waals surface area contributed by atoms with Crippen molar-refractivity contribution in [2.24, 2.45) is 0 Å². The van der Waals surface area contributed by atoms with E-state index in [1.165, 1.54) is 13.2 Å². The van der Waals surface area contributed by atoms with E-state index in [4.69, 9.17) is 16.3 Å². The molecule has 2 aliphatic heterocycles. The molecule has 5 rings (SSSR count). The van der Waals surface area contributed by atoms with Crippen LogP contribution in [0, 0.1) is 0 Å². The number of esters is 1. The van der Waals surface area contributed by atoms with Crippen molar-refractivity contribution >= 4 is 33.2 Å². The Morgan fingerprint density at radius 3 is 2.66 bits per heavy atom. The predicted octanol–water partition coefficient (Wildman–Crippen LogP) is 4.29. The third-order valence-electron chi connectivity index (χ3n) is 7.61. The molecule has 0 radical (unpaired) electrons. The third-order valence-corrected chi connectivity index (χ3v) is 9.34. The van der Waals surface area contributed by atoms with E-state index in [0.29, 0.717) is 47.9 Å². The fourth-order valence-corrected chi connectivity index (χ4v) is 6.62. The van der Waals surface area contributed by atoms with Crippen LogP contribution >= 0.6 is 11.6 Å². The normalized spacial score (nSPS) is 17.7. The number of nitrogens with zero attached hydrogens (tertiary/aromatic N) is 2. The zero-order valence-electron chi connectivity index (χ0n) is 22.7. The van der Waals surface area contributed by atoms with Gasteiger partial charge in [0.2, 0.25) is 15.9 Å². The molecule has 1 fully saturated rings. The summed E-state index contributed by atoms with van der Waals surface area (Å²) in [6, 6.07) is 15.9. The van der Waals surface area contributed by atoms with Crippen molar-refractivity contribution in [2.75, 3.05) is 33.3 Å². The van der Waals surface area contributed by atoms with Gasteiger partial charge in [0.1, 0.15) is 12.3 Å². The number of hydrogen-bond donors (Lipinski definition) is 2. The van der Waals surface area contributed by atoms with Gasteiger partial charge < -0.3 is 19.5 Å². The molecule has 0 bridgehead atoms. The van der Waals surface area contributed by atoms with E-state index >= 15 is 0 Å². The summed E-state index contributed by atoms with van der Waals surface area (Å²) in [6.07, 6.45) is 6.01. The molecular weight excluding hydrogens is 566 g/mol. The molecule has 2 aliphatic rings. The number of rotatable bonds is 8. The number of fused-ring (bicyclic) bond motifs is 2. The number of aliphatic hydroxyl groups is 1. The first-order valence-corrected chi connectivity index (χ1v) is 15.3. The molecule has 1 aromatic heterocycles. The lowest BCUT2D eigenvalue weighted by Crippen LogP contribution is -2.42. The van der Waals surface area contributed by atoms with Crippen LogP contribution in [-0.2, 0) is 31.6 Å². The first kappa shape index (κ1) is 29.2. The number of benzene rings is 2. The number of sulfonamides is 1. The summed E-state index contributed by atoms with van der Waals surface area (Å²) in [5.74, 6) is 0.112. The lowest BCUT2D eigenvalue weighted by Gasteiger charge is -2.38. The molecule has 2 aromatic carbocycles. The average Bonchev–Trinajstić information content (AvgIpc) is 3.13. The van der Waals surface area contributed by atoms with E-state index in [0.717, 1.165) is 36.3 Å². The Hall–Kier alpha value is -3.28. The number of piperidine rings is 1. The van der Waals surface area contributed by atoms with Gasteiger partial charge in [0.15, 0.2) is 0 Å². The van der Waals surface area contributed by atoms with Gasteiger partial charge in [0, 0.05) is 48.4 Å². The molecule has 0 aliphatic carbocycles. The van der Waals surface area contributed by atoms with Crippen molar-refractivity contribution in [1.82, 2.24) is 14.6 Å². The van der Waals surface area contributed by atoms with Gasteiger partial charge in [-0.3, -0.25) is 4.79 Å². The Morgan fingerprint density at radius 2 is 1.93 bits per heavy atom. The number of carbonyl (C=O) groups is 1. The minimum Gasteiger partial charge on any atom is -0.468 e. The highest BCUT2D eigenvalue weighted by Gasteiger charge is 2.34. The molecule has 0 unspecified atom stereocenters. The minimum atomic E-state index is -4.03. The average molecular weight is 598 g/mol. The molecule has 41 heavy (non-hydrogen) atoms. The van der Waals surface area contributed by atoms with Gasteiger partial charge in [-0.25, -0.2) is 13.4 Å². The summed E-state index contributed by atoms with van der Waals surface area (Å²) >= 11 is 6.02. The molecule has 3 heterocycles. The molecule has 1 saturated heterocycles. The molecule has 216 valence electrons. The fraction of sp³-hybridized carbons (Fsp3) is 0.333. The highest BCUT2D eigenvalue weighted by Crippen LogP contribution is 2.40. The van der Waals surface area contributed by atoms with Crippen LogP contribution in [0.2, 0.25) is 5.02 Å². The lowest BCUT2D eigenvalue weighted by molar-refractivity contribution is -0.139. The third kappa shape index (κ3) is 6.63. The number of pyridine rings is 1. The predicted molar refractivity (Wildman–Crippen MR) is 155 cm³/mol. The van der Waals surface area contributed by atoms with E-state index in [1.807, 2.05) is 24.3 Å². The second kappa shape index (κ2) is 12.3. The van der Waals surface area contributed by atoms with Gasteiger partial charge in [-0.05, 0) is 66.8 Å². The van der Waals surface area contributed by atoms with Crippen LogP contribution < -0.4 is 9.46 Å². The van der Waals surface area contributed by atoms with Crippen LogP contribution in [0.15, 0.2) is 71.8 Å². The number of allylic oxidation sites excluding steroid dienone is 1. The maximum Gasteiger partial charge on any atom is 0.320 e. The van der Waals surface area contributed by atoms with Crippen molar-refractivity contribution in [2.45, 2.75) is 36.2 Å². The zero-order valence-corrected chi connectivity index (χ0v) is 24.2. The molecule has 0 saturated carbocycles. The van der Waals surface area contributed by atoms with Crippen LogP contribution in [0.5, 0.6) is 11.6 Å². The summed E-state index contributed by atoms with van der Waals surface area (Å²) in [7, 11) is -2.83. The molecule has 9 nitrogen and oxygen atoms in total. The van der Waals surface area contributed by atoms with Gasteiger partial charge in [0.25, 0.3) is 0 Å². The molecule has 0 atom stereocenters. The molecule has 11 heteroatoms. The topological polar surface area (TPSA) is 118 Å². The number of nitrogens with one attached hydrogen (secondary N) is 1. The number of aromatic nitrogens is 1.